The molecular formula is C12H19N3O3S. The zero-order valence-electron chi connectivity index (χ0n) is 11.0. The van der Waals surface area contributed by atoms with Gasteiger partial charge in [0, 0.05) is 18.5 Å². The van der Waals surface area contributed by atoms with Crippen molar-refractivity contribution in [2.45, 2.75) is 31.3 Å². The lowest BCUT2D eigenvalue weighted by molar-refractivity contribution is -0.125. The molecule has 0 aliphatic heterocycles. The van der Waals surface area contributed by atoms with Gasteiger partial charge in [-0.3, -0.25) is 4.79 Å². The smallest absolute Gasteiger partial charge is 0.238 e. The molecule has 2 atom stereocenters. The first-order valence-electron chi connectivity index (χ1n) is 5.87. The third-order valence-electron chi connectivity index (χ3n) is 2.90. The third-order valence-corrected chi connectivity index (χ3v) is 3.81. The Morgan fingerprint density at radius 1 is 1.37 bits per heavy atom. The summed E-state index contributed by atoms with van der Waals surface area (Å²) in [4.78, 5) is 11.7. The van der Waals surface area contributed by atoms with Crippen molar-refractivity contribution in [3.8, 4) is 0 Å². The first-order valence-corrected chi connectivity index (χ1v) is 7.41. The fourth-order valence-electron chi connectivity index (χ4n) is 1.42. The lowest BCUT2D eigenvalue weighted by Gasteiger charge is -2.15. The summed E-state index contributed by atoms with van der Waals surface area (Å²) in [6, 6.07) is 5.90. The molecule has 7 heteroatoms. The van der Waals surface area contributed by atoms with Crippen LogP contribution in [0.5, 0.6) is 0 Å². The van der Waals surface area contributed by atoms with Crippen LogP contribution in [0.3, 0.4) is 0 Å². The molecule has 0 aliphatic carbocycles. The maximum atomic E-state index is 11.7. The SMILES string of the molecule is CC(N)C(C)C(=O)NCc1cccc(S(N)(=O)=O)c1. The molecule has 1 aromatic rings. The van der Waals surface area contributed by atoms with Crippen LogP contribution in [0, 0.1) is 5.92 Å². The van der Waals surface area contributed by atoms with Gasteiger partial charge in [0.2, 0.25) is 15.9 Å². The minimum absolute atomic E-state index is 0.0273. The average Bonchev–Trinajstić information content (AvgIpc) is 2.34. The van der Waals surface area contributed by atoms with E-state index in [0.717, 1.165) is 0 Å². The van der Waals surface area contributed by atoms with Crippen molar-refractivity contribution in [1.82, 2.24) is 5.32 Å². The molecule has 0 aliphatic rings. The Hall–Kier alpha value is -1.44. The topological polar surface area (TPSA) is 115 Å². The maximum absolute atomic E-state index is 11.7. The first kappa shape index (κ1) is 15.6. The van der Waals surface area contributed by atoms with Crippen molar-refractivity contribution in [3.05, 3.63) is 29.8 Å². The van der Waals surface area contributed by atoms with Crippen molar-refractivity contribution >= 4 is 15.9 Å². The van der Waals surface area contributed by atoms with Crippen LogP contribution in [0.2, 0.25) is 0 Å². The third kappa shape index (κ3) is 4.62. The van der Waals surface area contributed by atoms with E-state index in [1.807, 2.05) is 0 Å². The first-order chi connectivity index (χ1) is 8.71. The van der Waals surface area contributed by atoms with Gasteiger partial charge in [-0.15, -0.1) is 0 Å². The van der Waals surface area contributed by atoms with Crippen LogP contribution in [0.1, 0.15) is 19.4 Å². The molecule has 0 spiro atoms. The summed E-state index contributed by atoms with van der Waals surface area (Å²) in [5, 5.41) is 7.74. The molecule has 0 heterocycles. The predicted molar refractivity (Wildman–Crippen MR) is 72.5 cm³/mol. The minimum Gasteiger partial charge on any atom is -0.352 e. The molecule has 6 nitrogen and oxygen atoms in total. The van der Waals surface area contributed by atoms with Crippen molar-refractivity contribution in [2.75, 3.05) is 0 Å². The van der Waals surface area contributed by atoms with Gasteiger partial charge in [-0.25, -0.2) is 13.6 Å². The van der Waals surface area contributed by atoms with Crippen molar-refractivity contribution in [1.29, 1.82) is 0 Å². The van der Waals surface area contributed by atoms with Crippen LogP contribution in [0.15, 0.2) is 29.2 Å². The molecule has 1 aromatic carbocycles. The molecule has 1 rings (SSSR count). The highest BCUT2D eigenvalue weighted by Crippen LogP contribution is 2.10. The van der Waals surface area contributed by atoms with Gasteiger partial charge < -0.3 is 11.1 Å². The Balaban J connectivity index is 2.72. The number of nitrogens with one attached hydrogen (secondary N) is 1. The largest absolute Gasteiger partial charge is 0.352 e. The number of sulfonamides is 1. The summed E-state index contributed by atoms with van der Waals surface area (Å²) in [5.41, 5.74) is 6.29. The van der Waals surface area contributed by atoms with E-state index in [1.54, 1.807) is 26.0 Å². The number of hydrogen-bond donors (Lipinski definition) is 3. The number of primary sulfonamides is 1. The fraction of sp³-hybridized carbons (Fsp3) is 0.417. The van der Waals surface area contributed by atoms with Crippen molar-refractivity contribution in [2.24, 2.45) is 16.8 Å². The number of rotatable bonds is 5. The normalized spacial score (nSPS) is 14.7. The molecule has 0 aromatic heterocycles. The minimum atomic E-state index is -3.73. The molecule has 0 saturated heterocycles. The van der Waals surface area contributed by atoms with Crippen LogP contribution < -0.4 is 16.2 Å². The summed E-state index contributed by atoms with van der Waals surface area (Å²) < 4.78 is 22.4. The molecule has 0 radical (unpaired) electrons. The zero-order chi connectivity index (χ0) is 14.6. The average molecular weight is 285 g/mol. The molecule has 0 bridgehead atoms. The van der Waals surface area contributed by atoms with E-state index >= 15 is 0 Å². The van der Waals surface area contributed by atoms with Gasteiger partial charge in [-0.2, -0.15) is 0 Å². The summed E-state index contributed by atoms with van der Waals surface area (Å²) in [5.74, 6) is -0.475. The maximum Gasteiger partial charge on any atom is 0.238 e. The number of nitrogens with two attached hydrogens (primary N) is 2. The monoisotopic (exact) mass is 285 g/mol. The highest BCUT2D eigenvalue weighted by atomic mass is 32.2. The quantitative estimate of drug-likeness (QED) is 0.702. The van der Waals surface area contributed by atoms with Gasteiger partial charge in [-0.05, 0) is 24.6 Å². The van der Waals surface area contributed by atoms with E-state index in [-0.39, 0.29) is 29.3 Å². The second kappa shape index (κ2) is 6.14. The number of hydrogen-bond acceptors (Lipinski definition) is 4. The molecule has 0 saturated carbocycles. The van der Waals surface area contributed by atoms with Gasteiger partial charge in [0.1, 0.15) is 0 Å². The number of carbonyl (C=O) groups excluding carboxylic acids is 1. The zero-order valence-corrected chi connectivity index (χ0v) is 11.8. The number of benzene rings is 1. The summed E-state index contributed by atoms with van der Waals surface area (Å²) in [6.07, 6.45) is 0. The Morgan fingerprint density at radius 3 is 2.53 bits per heavy atom. The molecule has 0 fully saturated rings. The molecule has 106 valence electrons. The van der Waals surface area contributed by atoms with Crippen molar-refractivity contribution in [3.63, 3.8) is 0 Å². The Bertz CT molecular complexity index is 555. The van der Waals surface area contributed by atoms with Crippen LogP contribution in [-0.2, 0) is 21.4 Å². The van der Waals surface area contributed by atoms with E-state index < -0.39 is 10.0 Å². The van der Waals surface area contributed by atoms with E-state index in [1.165, 1.54) is 12.1 Å². The highest BCUT2D eigenvalue weighted by molar-refractivity contribution is 7.89. The van der Waals surface area contributed by atoms with E-state index in [9.17, 15) is 13.2 Å². The van der Waals surface area contributed by atoms with Crippen LogP contribution >= 0.6 is 0 Å². The van der Waals surface area contributed by atoms with Gasteiger partial charge in [0.05, 0.1) is 4.90 Å². The second-order valence-electron chi connectivity index (χ2n) is 4.56. The standard InChI is InChI=1S/C12H19N3O3S/c1-8(9(2)13)12(16)15-7-10-4-3-5-11(6-10)19(14,17)18/h3-6,8-9H,7,13H2,1-2H3,(H,15,16)(H2,14,17,18). The Morgan fingerprint density at radius 2 is 2.00 bits per heavy atom. The molecule has 2 unspecified atom stereocenters. The Kier molecular flexibility index (Phi) is 5.04. The van der Waals surface area contributed by atoms with Gasteiger partial charge in [0.15, 0.2) is 0 Å². The molecule has 19 heavy (non-hydrogen) atoms. The Labute approximate surface area is 113 Å². The summed E-state index contributed by atoms with van der Waals surface area (Å²) in [6.45, 7) is 3.73. The van der Waals surface area contributed by atoms with Gasteiger partial charge in [0.25, 0.3) is 0 Å². The lowest BCUT2D eigenvalue weighted by Crippen LogP contribution is -2.38. The predicted octanol–water partition coefficient (Wildman–Crippen LogP) is -0.0665. The van der Waals surface area contributed by atoms with Crippen molar-refractivity contribution < 1.29 is 13.2 Å². The van der Waals surface area contributed by atoms with Crippen LogP contribution in [0.4, 0.5) is 0 Å². The fourth-order valence-corrected chi connectivity index (χ4v) is 2.01. The van der Waals surface area contributed by atoms with E-state index in [4.69, 9.17) is 10.9 Å². The highest BCUT2D eigenvalue weighted by Gasteiger charge is 2.16. The van der Waals surface area contributed by atoms with Crippen LogP contribution in [0.25, 0.3) is 0 Å². The van der Waals surface area contributed by atoms with E-state index in [2.05, 4.69) is 5.32 Å². The lowest BCUT2D eigenvalue weighted by atomic mass is 10.0. The van der Waals surface area contributed by atoms with Gasteiger partial charge >= 0.3 is 0 Å². The molecular weight excluding hydrogens is 266 g/mol. The van der Waals surface area contributed by atoms with E-state index in [0.29, 0.717) is 5.56 Å². The second-order valence-corrected chi connectivity index (χ2v) is 6.12. The van der Waals surface area contributed by atoms with Gasteiger partial charge in [-0.1, -0.05) is 19.1 Å². The number of carbonyl (C=O) groups is 1. The number of amides is 1. The van der Waals surface area contributed by atoms with Crippen LogP contribution in [-0.4, -0.2) is 20.4 Å². The summed E-state index contributed by atoms with van der Waals surface area (Å²) in [7, 11) is -3.73. The summed E-state index contributed by atoms with van der Waals surface area (Å²) >= 11 is 0. The molecule has 1 amide bonds. The molecule has 5 N–H and O–H groups in total.